The predicted molar refractivity (Wildman–Crippen MR) is 122 cm³/mol. The van der Waals surface area contributed by atoms with Gasteiger partial charge in [0.1, 0.15) is 5.82 Å². The zero-order chi connectivity index (χ0) is 17.0. The van der Waals surface area contributed by atoms with Crippen LogP contribution in [0.2, 0.25) is 0 Å². The summed E-state index contributed by atoms with van der Waals surface area (Å²) in [6.07, 6.45) is 9.10. The van der Waals surface area contributed by atoms with Crippen molar-refractivity contribution >= 4 is 47.5 Å². The highest BCUT2D eigenvalue weighted by atomic mass is 127. The first-order valence-corrected chi connectivity index (χ1v) is 10.4. The van der Waals surface area contributed by atoms with E-state index in [2.05, 4.69) is 50.8 Å². The van der Waals surface area contributed by atoms with Gasteiger partial charge in [-0.2, -0.15) is 11.8 Å². The highest BCUT2D eigenvalue weighted by Gasteiger charge is 2.12. The van der Waals surface area contributed by atoms with Gasteiger partial charge < -0.3 is 15.5 Å². The second-order valence-corrected chi connectivity index (χ2v) is 7.03. The lowest BCUT2D eigenvalue weighted by molar-refractivity contribution is 0.734. The number of thioether (sulfide) groups is 1. The smallest absolute Gasteiger partial charge is 0.191 e. The van der Waals surface area contributed by atoms with Gasteiger partial charge in [-0.1, -0.05) is 6.07 Å². The molecule has 2 heterocycles. The molecule has 25 heavy (non-hydrogen) atoms. The number of nitrogens with one attached hydrogen (secondary N) is 2. The van der Waals surface area contributed by atoms with E-state index in [0.29, 0.717) is 6.54 Å². The average Bonchev–Trinajstić information content (AvgIpc) is 3.14. The van der Waals surface area contributed by atoms with Crippen molar-refractivity contribution < 1.29 is 0 Å². The minimum absolute atomic E-state index is 0. The van der Waals surface area contributed by atoms with Gasteiger partial charge >= 0.3 is 0 Å². The number of anilines is 1. The second-order valence-electron chi connectivity index (χ2n) is 6.04. The van der Waals surface area contributed by atoms with Crippen LogP contribution in [0.1, 0.15) is 38.2 Å². The number of unbranched alkanes of at least 4 members (excludes halogenated alkanes) is 1. The monoisotopic (exact) mass is 477 g/mol. The molecular weight excluding hydrogens is 445 g/mol. The lowest BCUT2D eigenvalue weighted by atomic mass is 10.3. The van der Waals surface area contributed by atoms with E-state index in [4.69, 9.17) is 0 Å². The summed E-state index contributed by atoms with van der Waals surface area (Å²) in [5, 5.41) is 6.71. The average molecular weight is 477 g/mol. The molecule has 2 N–H and O–H groups in total. The number of pyridine rings is 1. The van der Waals surface area contributed by atoms with E-state index < -0.39 is 0 Å². The third-order valence-electron chi connectivity index (χ3n) is 4.07. The van der Waals surface area contributed by atoms with E-state index in [1.165, 1.54) is 31.4 Å². The van der Waals surface area contributed by atoms with Gasteiger partial charge in [0.15, 0.2) is 5.96 Å². The number of aromatic nitrogens is 1. The summed E-state index contributed by atoms with van der Waals surface area (Å²) in [4.78, 5) is 11.6. The van der Waals surface area contributed by atoms with Crippen LogP contribution in [-0.4, -0.2) is 49.1 Å². The molecule has 142 valence electrons. The van der Waals surface area contributed by atoms with Gasteiger partial charge in [-0.15, -0.1) is 24.0 Å². The van der Waals surface area contributed by atoms with Gasteiger partial charge in [0.25, 0.3) is 0 Å². The molecule has 0 unspecified atom stereocenters. The Morgan fingerprint density at radius 1 is 1.24 bits per heavy atom. The molecule has 7 heteroatoms. The first-order chi connectivity index (χ1) is 11.8. The molecule has 0 spiro atoms. The minimum atomic E-state index is 0. The fourth-order valence-electron chi connectivity index (χ4n) is 2.73. The van der Waals surface area contributed by atoms with Crippen molar-refractivity contribution in [2.24, 2.45) is 4.99 Å². The maximum Gasteiger partial charge on any atom is 0.191 e. The molecule has 1 aromatic rings. The molecule has 0 radical (unpaired) electrons. The summed E-state index contributed by atoms with van der Waals surface area (Å²) >= 11 is 1.90. The Labute approximate surface area is 173 Å². The van der Waals surface area contributed by atoms with E-state index in [1.807, 2.05) is 18.0 Å². The maximum atomic E-state index is 4.66. The highest BCUT2D eigenvalue weighted by molar-refractivity contribution is 14.0. The molecule has 5 nitrogen and oxygen atoms in total. The summed E-state index contributed by atoms with van der Waals surface area (Å²) in [6.45, 7) is 6.87. The van der Waals surface area contributed by atoms with Crippen LogP contribution < -0.4 is 15.5 Å². The predicted octanol–water partition coefficient (Wildman–Crippen LogP) is 3.50. The maximum absolute atomic E-state index is 4.66. The lowest BCUT2D eigenvalue weighted by Crippen LogP contribution is -2.37. The molecule has 0 amide bonds. The summed E-state index contributed by atoms with van der Waals surface area (Å²) in [7, 11) is 0. The molecule has 1 saturated heterocycles. The molecule has 0 bridgehead atoms. The van der Waals surface area contributed by atoms with Gasteiger partial charge in [-0.05, 0) is 56.2 Å². The van der Waals surface area contributed by atoms with Crippen LogP contribution >= 0.6 is 35.7 Å². The molecule has 0 aliphatic carbocycles. The largest absolute Gasteiger partial charge is 0.357 e. The fraction of sp³-hybridized carbons (Fsp3) is 0.667. The van der Waals surface area contributed by atoms with E-state index >= 15 is 0 Å². The topological polar surface area (TPSA) is 52.6 Å². The van der Waals surface area contributed by atoms with Gasteiger partial charge in [-0.3, -0.25) is 0 Å². The number of guanidine groups is 1. The van der Waals surface area contributed by atoms with Gasteiger partial charge in [0.2, 0.25) is 0 Å². The standard InChI is InChI=1S/C18H31N5S.HI/c1-3-19-18(20-10-4-7-13-24-2)22-15-16-8-9-17(21-14-16)23-11-5-6-12-23;/h8-9,14H,3-7,10-13,15H2,1-2H3,(H2,19,20,22);1H. The molecule has 0 saturated carbocycles. The van der Waals surface area contributed by atoms with Crippen LogP contribution in [0.25, 0.3) is 0 Å². The molecule has 2 rings (SSSR count). The van der Waals surface area contributed by atoms with E-state index in [1.54, 1.807) is 0 Å². The van der Waals surface area contributed by atoms with Crippen LogP contribution in [0.4, 0.5) is 5.82 Å². The summed E-state index contributed by atoms with van der Waals surface area (Å²) in [6, 6.07) is 4.27. The van der Waals surface area contributed by atoms with E-state index in [9.17, 15) is 0 Å². The third kappa shape index (κ3) is 8.48. The number of aliphatic imine (C=N–C) groups is 1. The molecule has 1 aliphatic rings. The quantitative estimate of drug-likeness (QED) is 0.247. The molecular formula is C18H32IN5S. The summed E-state index contributed by atoms with van der Waals surface area (Å²) in [5.41, 5.74) is 1.15. The van der Waals surface area contributed by atoms with E-state index in [0.717, 1.165) is 43.5 Å². The highest BCUT2D eigenvalue weighted by Crippen LogP contribution is 2.17. The Morgan fingerprint density at radius 2 is 2.04 bits per heavy atom. The molecule has 1 fully saturated rings. The Balaban J connectivity index is 0.00000312. The number of nitrogens with zero attached hydrogens (tertiary/aromatic N) is 3. The normalized spacial score (nSPS) is 14.3. The molecule has 1 aromatic heterocycles. The lowest BCUT2D eigenvalue weighted by Gasteiger charge is -2.16. The van der Waals surface area contributed by atoms with Crippen molar-refractivity contribution in [1.29, 1.82) is 0 Å². The Kier molecular flexibility index (Phi) is 12.1. The molecule has 0 atom stereocenters. The number of halogens is 1. The zero-order valence-electron chi connectivity index (χ0n) is 15.5. The number of hydrogen-bond donors (Lipinski definition) is 2. The summed E-state index contributed by atoms with van der Waals surface area (Å²) in [5.74, 6) is 3.22. The zero-order valence-corrected chi connectivity index (χ0v) is 18.6. The van der Waals surface area contributed by atoms with Crippen LogP contribution in [0.3, 0.4) is 0 Å². The van der Waals surface area contributed by atoms with Crippen molar-refractivity contribution in [3.63, 3.8) is 0 Å². The van der Waals surface area contributed by atoms with Crippen molar-refractivity contribution in [1.82, 2.24) is 15.6 Å². The third-order valence-corrected chi connectivity index (χ3v) is 4.77. The van der Waals surface area contributed by atoms with Crippen molar-refractivity contribution in [3.05, 3.63) is 23.9 Å². The van der Waals surface area contributed by atoms with Crippen LogP contribution in [-0.2, 0) is 6.54 Å². The first-order valence-electron chi connectivity index (χ1n) is 9.04. The Morgan fingerprint density at radius 3 is 2.68 bits per heavy atom. The SMILES string of the molecule is CCNC(=NCc1ccc(N2CCCC2)nc1)NCCCCSC.I. The molecule has 0 aromatic carbocycles. The van der Waals surface area contributed by atoms with Gasteiger partial charge in [0.05, 0.1) is 6.54 Å². The van der Waals surface area contributed by atoms with Gasteiger partial charge in [0, 0.05) is 32.4 Å². The van der Waals surface area contributed by atoms with Crippen LogP contribution in [0.15, 0.2) is 23.3 Å². The van der Waals surface area contributed by atoms with Crippen LogP contribution in [0, 0.1) is 0 Å². The Hall–Kier alpha value is -0.700. The number of rotatable bonds is 9. The van der Waals surface area contributed by atoms with E-state index in [-0.39, 0.29) is 24.0 Å². The molecule has 1 aliphatic heterocycles. The second kappa shape index (κ2) is 13.5. The van der Waals surface area contributed by atoms with Crippen molar-refractivity contribution in [2.45, 2.75) is 39.2 Å². The minimum Gasteiger partial charge on any atom is -0.357 e. The van der Waals surface area contributed by atoms with Crippen molar-refractivity contribution in [2.75, 3.05) is 43.1 Å². The summed E-state index contributed by atoms with van der Waals surface area (Å²) < 4.78 is 0. The van der Waals surface area contributed by atoms with Crippen molar-refractivity contribution in [3.8, 4) is 0 Å². The number of hydrogen-bond acceptors (Lipinski definition) is 4. The van der Waals surface area contributed by atoms with Crippen LogP contribution in [0.5, 0.6) is 0 Å². The Bertz CT molecular complexity index is 489. The van der Waals surface area contributed by atoms with Gasteiger partial charge in [-0.25, -0.2) is 9.98 Å². The first kappa shape index (κ1) is 22.3. The fourth-order valence-corrected chi connectivity index (χ4v) is 3.23.